The Morgan fingerprint density at radius 2 is 1.91 bits per heavy atom. The molecule has 1 aromatic heterocycles. The molecular weight excluding hydrogens is 462 g/mol. The summed E-state index contributed by atoms with van der Waals surface area (Å²) in [6.07, 6.45) is 1.55. The summed E-state index contributed by atoms with van der Waals surface area (Å²) in [4.78, 5) is 16.3. The van der Waals surface area contributed by atoms with Gasteiger partial charge in [0, 0.05) is 44.7 Å². The molecule has 1 N–H and O–H groups in total. The van der Waals surface area contributed by atoms with Crippen molar-refractivity contribution in [3.05, 3.63) is 18.2 Å². The summed E-state index contributed by atoms with van der Waals surface area (Å²) in [5.74, 6) is 0.708. The van der Waals surface area contributed by atoms with Gasteiger partial charge in [-0.05, 0) is 57.4 Å². The summed E-state index contributed by atoms with van der Waals surface area (Å²) in [6, 6.07) is 5.59. The van der Waals surface area contributed by atoms with Crippen molar-refractivity contribution in [3.8, 4) is 11.6 Å². The minimum atomic E-state index is -0.501. The third-order valence-electron chi connectivity index (χ3n) is 5.29. The summed E-state index contributed by atoms with van der Waals surface area (Å²) in [5.41, 5.74) is 0.707. The van der Waals surface area contributed by atoms with Crippen LogP contribution in [0.5, 0.6) is 11.6 Å². The number of fused-ring (bicyclic) bond motifs is 1. The van der Waals surface area contributed by atoms with Gasteiger partial charge in [-0.25, -0.2) is 4.79 Å². The largest absolute Gasteiger partial charge is 0.497 e. The average molecular weight is 494 g/mol. The Hall–Kier alpha value is -2.37. The topological polar surface area (TPSA) is 91.9 Å². The van der Waals surface area contributed by atoms with Gasteiger partial charge in [0.25, 0.3) is 0 Å². The molecule has 0 aliphatic carbocycles. The Morgan fingerprint density at radius 3 is 2.52 bits per heavy atom. The predicted octanol–water partition coefficient (Wildman–Crippen LogP) is 4.64. The van der Waals surface area contributed by atoms with Gasteiger partial charge in [0.05, 0.1) is 12.6 Å². The number of azo groups is 1. The highest BCUT2D eigenvalue weighted by Crippen LogP contribution is 2.40. The molecular formula is C22H31N5O4S2. The molecule has 0 unspecified atom stereocenters. The number of ether oxygens (including phenoxy) is 2. The van der Waals surface area contributed by atoms with Crippen LogP contribution in [0.3, 0.4) is 0 Å². The molecule has 9 nitrogen and oxygen atoms in total. The van der Waals surface area contributed by atoms with Crippen LogP contribution in [0.25, 0.3) is 10.9 Å². The van der Waals surface area contributed by atoms with Crippen LogP contribution >= 0.6 is 24.0 Å². The first kappa shape index (κ1) is 25.3. The summed E-state index contributed by atoms with van der Waals surface area (Å²) < 4.78 is 13.0. The van der Waals surface area contributed by atoms with Crippen molar-refractivity contribution < 1.29 is 19.4 Å². The Balaban J connectivity index is 1.72. The molecule has 0 atom stereocenters. The number of benzene rings is 1. The molecule has 11 heteroatoms. The normalized spacial score (nSPS) is 15.4. The Kier molecular flexibility index (Phi) is 8.19. The number of piperazine rings is 1. The van der Waals surface area contributed by atoms with Gasteiger partial charge in [0.2, 0.25) is 5.88 Å². The number of methoxy groups -OCH3 is 1. The lowest BCUT2D eigenvalue weighted by atomic mass is 10.2. The number of hydrogen-bond donors (Lipinski definition) is 1. The highest BCUT2D eigenvalue weighted by Gasteiger charge is 2.26. The zero-order valence-corrected chi connectivity index (χ0v) is 21.3. The summed E-state index contributed by atoms with van der Waals surface area (Å²) in [7, 11) is 1.60. The zero-order valence-electron chi connectivity index (χ0n) is 19.7. The minimum Gasteiger partial charge on any atom is -0.497 e. The van der Waals surface area contributed by atoms with Crippen molar-refractivity contribution in [2.75, 3.05) is 46.1 Å². The third kappa shape index (κ3) is 6.36. The highest BCUT2D eigenvalue weighted by molar-refractivity contribution is 8.22. The van der Waals surface area contributed by atoms with Crippen molar-refractivity contribution in [3.63, 3.8) is 0 Å². The Labute approximate surface area is 203 Å². The summed E-state index contributed by atoms with van der Waals surface area (Å²) >= 11 is 6.43. The molecule has 3 rings (SSSR count). The van der Waals surface area contributed by atoms with Crippen molar-refractivity contribution in [2.45, 2.75) is 32.9 Å². The second kappa shape index (κ2) is 10.7. The molecule has 33 heavy (non-hydrogen) atoms. The van der Waals surface area contributed by atoms with Crippen LogP contribution in [0.4, 0.5) is 10.5 Å². The maximum absolute atomic E-state index is 12.3. The van der Waals surface area contributed by atoms with Crippen LogP contribution in [-0.2, 0) is 11.3 Å². The highest BCUT2D eigenvalue weighted by atomic mass is 32.2. The smallest absolute Gasteiger partial charge is 0.410 e. The number of thiocarbonyl (C=S) groups is 1. The van der Waals surface area contributed by atoms with E-state index in [0.29, 0.717) is 41.9 Å². The van der Waals surface area contributed by atoms with Gasteiger partial charge in [-0.1, -0.05) is 11.8 Å². The molecule has 180 valence electrons. The van der Waals surface area contributed by atoms with E-state index in [-0.39, 0.29) is 12.0 Å². The standard InChI is InChI=1S/C22H31N5O4S2/c1-22(2,3)31-21(29)26-11-8-25(9-12-26)10-13-27-17-7-6-15(30-4)14-16(17)18(19(27)28)23-24-20(32)33-5/h6-7,14,28H,8-13H2,1-5H3. The number of thioether (sulfide) groups is 1. The lowest BCUT2D eigenvalue weighted by Crippen LogP contribution is -2.50. The first-order valence-electron chi connectivity index (χ1n) is 10.7. The van der Waals surface area contributed by atoms with E-state index < -0.39 is 5.60 Å². The number of hydrogen-bond acceptors (Lipinski definition) is 8. The van der Waals surface area contributed by atoms with E-state index in [0.717, 1.165) is 24.0 Å². The van der Waals surface area contributed by atoms with Gasteiger partial charge in [-0.15, -0.1) is 10.2 Å². The molecule has 1 aliphatic heterocycles. The number of carbonyl (C=O) groups is 1. The molecule has 1 aromatic carbocycles. The third-order valence-corrected chi connectivity index (χ3v) is 6.30. The Morgan fingerprint density at radius 1 is 1.21 bits per heavy atom. The molecule has 0 saturated carbocycles. The zero-order chi connectivity index (χ0) is 24.2. The van der Waals surface area contributed by atoms with Crippen LogP contribution in [0.1, 0.15) is 20.8 Å². The average Bonchev–Trinajstić information content (AvgIpc) is 3.04. The minimum absolute atomic E-state index is 0.0401. The van der Waals surface area contributed by atoms with Gasteiger partial charge in [0.1, 0.15) is 11.4 Å². The lowest BCUT2D eigenvalue weighted by molar-refractivity contribution is 0.0143. The number of carbonyl (C=O) groups excluding carboxylic acids is 1. The van der Waals surface area contributed by atoms with Crippen LogP contribution in [-0.4, -0.2) is 81.6 Å². The fraction of sp³-hybridized carbons (Fsp3) is 0.545. The molecule has 1 aliphatic rings. The second-order valence-corrected chi connectivity index (χ2v) is 10.1. The molecule has 0 spiro atoms. The number of nitrogens with zero attached hydrogens (tertiary/aromatic N) is 5. The van der Waals surface area contributed by atoms with Crippen LogP contribution in [0.2, 0.25) is 0 Å². The fourth-order valence-corrected chi connectivity index (χ4v) is 3.77. The Bertz CT molecular complexity index is 1040. The maximum atomic E-state index is 12.3. The molecule has 1 saturated heterocycles. The van der Waals surface area contributed by atoms with Crippen molar-refractivity contribution in [2.24, 2.45) is 10.2 Å². The van der Waals surface area contributed by atoms with E-state index in [9.17, 15) is 9.90 Å². The van der Waals surface area contributed by atoms with E-state index in [1.54, 1.807) is 12.0 Å². The van der Waals surface area contributed by atoms with Gasteiger partial charge in [0.15, 0.2) is 10.0 Å². The second-order valence-electron chi connectivity index (χ2n) is 8.69. The van der Waals surface area contributed by atoms with Gasteiger partial charge < -0.3 is 24.0 Å². The molecule has 2 heterocycles. The van der Waals surface area contributed by atoms with E-state index in [4.69, 9.17) is 21.7 Å². The van der Waals surface area contributed by atoms with Crippen LogP contribution in [0.15, 0.2) is 28.4 Å². The molecule has 1 fully saturated rings. The fourth-order valence-electron chi connectivity index (χ4n) is 3.61. The van der Waals surface area contributed by atoms with E-state index in [1.165, 1.54) is 11.8 Å². The molecule has 0 radical (unpaired) electrons. The lowest BCUT2D eigenvalue weighted by Gasteiger charge is -2.35. The van der Waals surface area contributed by atoms with E-state index in [2.05, 4.69) is 15.1 Å². The van der Waals surface area contributed by atoms with Gasteiger partial charge in [-0.3, -0.25) is 4.90 Å². The van der Waals surface area contributed by atoms with Gasteiger partial charge >= 0.3 is 6.09 Å². The van der Waals surface area contributed by atoms with Crippen LogP contribution in [0, 0.1) is 0 Å². The quantitative estimate of drug-likeness (QED) is 0.479. The van der Waals surface area contributed by atoms with Crippen molar-refractivity contribution >= 4 is 51.0 Å². The number of aromatic nitrogens is 1. The van der Waals surface area contributed by atoms with Crippen LogP contribution < -0.4 is 4.74 Å². The van der Waals surface area contributed by atoms with Crippen molar-refractivity contribution in [1.82, 2.24) is 14.4 Å². The molecule has 2 aromatic rings. The predicted molar refractivity (Wildman–Crippen MR) is 135 cm³/mol. The number of rotatable bonds is 5. The van der Waals surface area contributed by atoms with Gasteiger partial charge in [-0.2, -0.15) is 0 Å². The summed E-state index contributed by atoms with van der Waals surface area (Å²) in [6.45, 7) is 9.57. The summed E-state index contributed by atoms with van der Waals surface area (Å²) in [5, 5.41) is 19.9. The maximum Gasteiger partial charge on any atom is 0.410 e. The first-order valence-corrected chi connectivity index (χ1v) is 12.4. The van der Waals surface area contributed by atoms with E-state index in [1.807, 2.05) is 49.8 Å². The van der Waals surface area contributed by atoms with Crippen molar-refractivity contribution in [1.29, 1.82) is 0 Å². The van der Waals surface area contributed by atoms with E-state index >= 15 is 0 Å². The number of aromatic hydroxyl groups is 1. The first-order chi connectivity index (χ1) is 15.6. The molecule has 0 bridgehead atoms. The SMILES string of the molecule is COc1ccc2c(c1)c(N=NC(=S)SC)c(O)n2CCN1CCN(C(=O)OC(C)(C)C)CC1. The molecule has 1 amide bonds. The number of amides is 1. The monoisotopic (exact) mass is 493 g/mol.